The first-order valence-electron chi connectivity index (χ1n) is 18.8. The normalized spacial score (nSPS) is 14.0. The molecule has 0 saturated carbocycles. The number of carboxylic acids is 1. The first kappa shape index (κ1) is 52.1. The quantitative estimate of drug-likeness (QED) is 0.0171. The molecule has 0 radical (unpaired) electrons. The molecule has 326 valence electrons. The molecule has 0 aromatic rings. The maximum atomic E-state index is 13.7. The molecule has 22 N–H and O–H groups in total. The summed E-state index contributed by atoms with van der Waals surface area (Å²) < 4.78 is 0. The standard InChI is InChI=1S/C33H65N15O8S/c1-57-17-12-22(29(53)45-21(11-7-16-43-33(40)41)27(51)47-23(31(55)56)9-3-5-14-35)46-30(54)24(18-25(37)49)48-28(52)20(10-6-15-42-32(38)39)44-26(50)19(36)8-2-4-13-34/h19-24H,2-18,34-36H2,1H3,(H2,37,49)(H,44,50)(H,45,53)(H,46,54)(H,47,51)(H,48,52)(H,55,56)(H4,38,39,42)(H4,40,41,43)/t19-,20-,21-,22-,23-,24-/m0/s1. The molecule has 23 nitrogen and oxygen atoms in total. The van der Waals surface area contributed by atoms with Crippen LogP contribution in [0.3, 0.4) is 0 Å². The summed E-state index contributed by atoms with van der Waals surface area (Å²) in [6, 6.07) is -7.64. The molecule has 0 unspecified atom stereocenters. The minimum atomic E-state index is -1.60. The number of carbonyl (C=O) groups excluding carboxylic acids is 6. The molecule has 0 aromatic carbocycles. The van der Waals surface area contributed by atoms with Crippen LogP contribution in [0.25, 0.3) is 0 Å². The zero-order valence-corrected chi connectivity index (χ0v) is 33.5. The molecule has 0 saturated heterocycles. The average Bonchev–Trinajstić information content (AvgIpc) is 3.14. The van der Waals surface area contributed by atoms with Gasteiger partial charge in [-0.2, -0.15) is 11.8 Å². The van der Waals surface area contributed by atoms with E-state index in [9.17, 15) is 38.7 Å². The molecule has 57 heavy (non-hydrogen) atoms. The third-order valence-corrected chi connectivity index (χ3v) is 8.95. The Morgan fingerprint density at radius 3 is 1.35 bits per heavy atom. The van der Waals surface area contributed by atoms with Crippen LogP contribution in [0.2, 0.25) is 0 Å². The highest BCUT2D eigenvalue weighted by atomic mass is 32.2. The SMILES string of the molecule is CSCC[C@H](NC(=O)[C@H](CC(N)=O)NC(=O)[C@H](CCCN=C(N)N)NC(=O)[C@@H](N)CCCCN)C(=O)N[C@@H](CCCN=C(N)N)C(=O)N[C@@H](CCCCN)C(=O)O. The van der Waals surface area contributed by atoms with Gasteiger partial charge in [-0.25, -0.2) is 4.79 Å². The predicted molar refractivity (Wildman–Crippen MR) is 218 cm³/mol. The molecule has 0 fully saturated rings. The smallest absolute Gasteiger partial charge is 0.326 e. The Kier molecular flexibility index (Phi) is 27.6. The summed E-state index contributed by atoms with van der Waals surface area (Å²) >= 11 is 1.35. The number of primary amides is 1. The second-order valence-corrected chi connectivity index (χ2v) is 14.2. The molecule has 24 heteroatoms. The van der Waals surface area contributed by atoms with Crippen molar-refractivity contribution in [3.05, 3.63) is 0 Å². The third kappa shape index (κ3) is 24.3. The minimum absolute atomic E-state index is 0.00985. The van der Waals surface area contributed by atoms with E-state index in [1.807, 2.05) is 0 Å². The van der Waals surface area contributed by atoms with Gasteiger partial charge in [0, 0.05) is 13.1 Å². The Bertz CT molecular complexity index is 1350. The van der Waals surface area contributed by atoms with Crippen LogP contribution < -0.4 is 72.5 Å². The van der Waals surface area contributed by atoms with Crippen LogP contribution in [0.4, 0.5) is 0 Å². The lowest BCUT2D eigenvalue weighted by Crippen LogP contribution is -2.59. The highest BCUT2D eigenvalue weighted by molar-refractivity contribution is 7.98. The lowest BCUT2D eigenvalue weighted by atomic mass is 10.0. The Hall–Kier alpha value is -4.94. The van der Waals surface area contributed by atoms with Crippen molar-refractivity contribution >= 4 is 65.1 Å². The van der Waals surface area contributed by atoms with Crippen molar-refractivity contribution in [1.29, 1.82) is 0 Å². The van der Waals surface area contributed by atoms with Gasteiger partial charge in [0.1, 0.15) is 30.2 Å². The van der Waals surface area contributed by atoms with Gasteiger partial charge < -0.3 is 77.6 Å². The highest BCUT2D eigenvalue weighted by Gasteiger charge is 2.33. The number of carbonyl (C=O) groups is 7. The van der Waals surface area contributed by atoms with E-state index in [0.29, 0.717) is 50.9 Å². The van der Waals surface area contributed by atoms with Crippen LogP contribution in [0.15, 0.2) is 9.98 Å². The van der Waals surface area contributed by atoms with E-state index in [4.69, 9.17) is 45.9 Å². The van der Waals surface area contributed by atoms with E-state index in [0.717, 1.165) is 0 Å². The zero-order chi connectivity index (χ0) is 43.3. The number of unbranched alkanes of at least 4 members (excludes halogenated alkanes) is 2. The number of aliphatic imine (C=N–C) groups is 2. The van der Waals surface area contributed by atoms with Crippen molar-refractivity contribution in [2.24, 2.45) is 55.9 Å². The summed E-state index contributed by atoms with van der Waals surface area (Å²) in [6.07, 6.45) is 4.10. The van der Waals surface area contributed by atoms with Gasteiger partial charge in [0.25, 0.3) is 0 Å². The fourth-order valence-corrected chi connectivity index (χ4v) is 5.69. The number of thioether (sulfide) groups is 1. The number of nitrogens with zero attached hydrogens (tertiary/aromatic N) is 2. The number of hydrogen-bond acceptors (Lipinski definition) is 13. The van der Waals surface area contributed by atoms with Gasteiger partial charge in [-0.3, -0.25) is 38.8 Å². The van der Waals surface area contributed by atoms with Crippen molar-refractivity contribution in [2.75, 3.05) is 38.2 Å². The van der Waals surface area contributed by atoms with Crippen LogP contribution in [0, 0.1) is 0 Å². The topological polar surface area (TPSA) is 433 Å². The van der Waals surface area contributed by atoms with Crippen molar-refractivity contribution in [1.82, 2.24) is 26.6 Å². The van der Waals surface area contributed by atoms with Crippen LogP contribution >= 0.6 is 11.8 Å². The summed E-state index contributed by atoms with van der Waals surface area (Å²) in [5.74, 6) is -6.33. The van der Waals surface area contributed by atoms with Crippen molar-refractivity contribution < 1.29 is 38.7 Å². The van der Waals surface area contributed by atoms with E-state index in [2.05, 4.69) is 36.6 Å². The molecule has 0 aromatic heterocycles. The molecule has 6 amide bonds. The molecule has 0 spiro atoms. The summed E-state index contributed by atoms with van der Waals surface area (Å²) in [7, 11) is 0. The molecular weight excluding hydrogens is 767 g/mol. The number of guanidine groups is 2. The fourth-order valence-electron chi connectivity index (χ4n) is 5.22. The fraction of sp³-hybridized carbons (Fsp3) is 0.727. The third-order valence-electron chi connectivity index (χ3n) is 8.31. The predicted octanol–water partition coefficient (Wildman–Crippen LogP) is -5.18. The lowest BCUT2D eigenvalue weighted by Gasteiger charge is -2.27. The first-order chi connectivity index (χ1) is 27.0. The molecule has 0 aliphatic rings. The molecule has 0 bridgehead atoms. The molecule has 6 atom stereocenters. The molecule has 0 aliphatic carbocycles. The second kappa shape index (κ2) is 30.2. The number of amides is 6. The molecule has 0 aliphatic heterocycles. The van der Waals surface area contributed by atoms with Crippen LogP contribution in [-0.2, 0) is 33.6 Å². The van der Waals surface area contributed by atoms with Crippen LogP contribution in [0.5, 0.6) is 0 Å². The first-order valence-corrected chi connectivity index (χ1v) is 20.1. The van der Waals surface area contributed by atoms with E-state index in [1.165, 1.54) is 11.8 Å². The maximum Gasteiger partial charge on any atom is 0.326 e. The van der Waals surface area contributed by atoms with Crippen LogP contribution in [-0.4, -0.2) is 133 Å². The van der Waals surface area contributed by atoms with Crippen molar-refractivity contribution in [3.63, 3.8) is 0 Å². The molecular formula is C33H65N15O8S. The number of nitrogens with one attached hydrogen (secondary N) is 5. The molecule has 0 heterocycles. The van der Waals surface area contributed by atoms with Gasteiger partial charge in [-0.15, -0.1) is 0 Å². The van der Waals surface area contributed by atoms with Crippen molar-refractivity contribution in [2.45, 2.75) is 113 Å². The van der Waals surface area contributed by atoms with Gasteiger partial charge in [-0.1, -0.05) is 6.42 Å². The van der Waals surface area contributed by atoms with Gasteiger partial charge in [0.2, 0.25) is 35.4 Å². The lowest BCUT2D eigenvalue weighted by molar-refractivity contribution is -0.142. The summed E-state index contributed by atoms with van der Waals surface area (Å²) in [6.45, 7) is 0.949. The number of hydrogen-bond donors (Lipinski definition) is 14. The summed E-state index contributed by atoms with van der Waals surface area (Å²) in [5, 5.41) is 22.3. The molecule has 0 rings (SSSR count). The van der Waals surface area contributed by atoms with E-state index in [1.54, 1.807) is 6.26 Å². The summed E-state index contributed by atoms with van der Waals surface area (Å²) in [5.41, 5.74) is 44.1. The van der Waals surface area contributed by atoms with Gasteiger partial charge in [0.05, 0.1) is 12.5 Å². The van der Waals surface area contributed by atoms with Gasteiger partial charge in [0.15, 0.2) is 11.9 Å². The van der Waals surface area contributed by atoms with Gasteiger partial charge >= 0.3 is 5.97 Å². The Labute approximate surface area is 337 Å². The van der Waals surface area contributed by atoms with E-state index < -0.39 is 84.1 Å². The zero-order valence-electron chi connectivity index (χ0n) is 32.7. The van der Waals surface area contributed by atoms with Crippen molar-refractivity contribution in [3.8, 4) is 0 Å². The van der Waals surface area contributed by atoms with E-state index in [-0.39, 0.29) is 63.5 Å². The highest BCUT2D eigenvalue weighted by Crippen LogP contribution is 2.09. The van der Waals surface area contributed by atoms with E-state index >= 15 is 0 Å². The Morgan fingerprint density at radius 2 is 0.930 bits per heavy atom. The number of aliphatic carboxylic acids is 1. The monoisotopic (exact) mass is 831 g/mol. The maximum absolute atomic E-state index is 13.7. The largest absolute Gasteiger partial charge is 0.480 e. The van der Waals surface area contributed by atoms with Gasteiger partial charge in [-0.05, 0) is 89.3 Å². The Balaban J connectivity index is 6.30. The Morgan fingerprint density at radius 1 is 0.544 bits per heavy atom. The minimum Gasteiger partial charge on any atom is -0.480 e. The number of nitrogens with two attached hydrogens (primary N) is 8. The number of carboxylic acid groups (broad SMARTS) is 1. The number of rotatable bonds is 32. The average molecular weight is 832 g/mol. The van der Waals surface area contributed by atoms with Crippen LogP contribution in [0.1, 0.15) is 77.0 Å². The second-order valence-electron chi connectivity index (χ2n) is 13.2. The summed E-state index contributed by atoms with van der Waals surface area (Å²) in [4.78, 5) is 99.1.